The third kappa shape index (κ3) is 2.02. The van der Waals surface area contributed by atoms with Gasteiger partial charge in [0.25, 0.3) is 11.8 Å². The summed E-state index contributed by atoms with van der Waals surface area (Å²) >= 11 is 0. The molecule has 2 amide bonds. The fourth-order valence-electron chi connectivity index (χ4n) is 2.80. The molecular weight excluding hydrogens is 246 g/mol. The molecular formula is C13H17N3O3. The summed E-state index contributed by atoms with van der Waals surface area (Å²) in [7, 11) is 0. The molecule has 2 N–H and O–H groups in total. The molecule has 0 bridgehead atoms. The molecule has 2 aliphatic heterocycles. The second-order valence-electron chi connectivity index (χ2n) is 4.96. The fraction of sp³-hybridized carbons (Fsp3) is 0.538. The summed E-state index contributed by atoms with van der Waals surface area (Å²) < 4.78 is 7.23. The number of hydrogen-bond donors (Lipinski definition) is 1. The fourth-order valence-corrected chi connectivity index (χ4v) is 2.80. The van der Waals surface area contributed by atoms with E-state index in [1.165, 1.54) is 0 Å². The lowest BCUT2D eigenvalue weighted by Crippen LogP contribution is -2.31. The maximum atomic E-state index is 12.5. The van der Waals surface area contributed by atoms with E-state index in [0.29, 0.717) is 31.0 Å². The number of amides is 2. The molecule has 6 heteroatoms. The van der Waals surface area contributed by atoms with Gasteiger partial charge in [0.05, 0.1) is 24.5 Å². The van der Waals surface area contributed by atoms with Gasteiger partial charge in [-0.2, -0.15) is 0 Å². The SMILES string of the molecule is NC(=O)c1cc(C(=O)N2CCCC2)n2c1COCC2. The van der Waals surface area contributed by atoms with Crippen LogP contribution in [0.25, 0.3) is 0 Å². The average molecular weight is 263 g/mol. The summed E-state index contributed by atoms with van der Waals surface area (Å²) in [6.45, 7) is 3.08. The predicted octanol–water partition coefficient (Wildman–Crippen LogP) is 0.353. The Bertz CT molecular complexity index is 529. The highest BCUT2D eigenvalue weighted by Crippen LogP contribution is 2.23. The Kier molecular flexibility index (Phi) is 3.02. The number of aromatic nitrogens is 1. The molecule has 1 saturated heterocycles. The van der Waals surface area contributed by atoms with Crippen molar-refractivity contribution >= 4 is 11.8 Å². The van der Waals surface area contributed by atoms with Crippen LogP contribution in [0, 0.1) is 0 Å². The number of nitrogens with zero attached hydrogens (tertiary/aromatic N) is 2. The van der Waals surface area contributed by atoms with E-state index >= 15 is 0 Å². The van der Waals surface area contributed by atoms with E-state index < -0.39 is 5.91 Å². The van der Waals surface area contributed by atoms with Crippen molar-refractivity contribution < 1.29 is 14.3 Å². The summed E-state index contributed by atoms with van der Waals surface area (Å²) in [4.78, 5) is 25.8. The maximum absolute atomic E-state index is 12.5. The highest BCUT2D eigenvalue weighted by Gasteiger charge is 2.28. The first-order chi connectivity index (χ1) is 9.18. The number of ether oxygens (including phenoxy) is 1. The van der Waals surface area contributed by atoms with Gasteiger partial charge in [0, 0.05) is 19.6 Å². The minimum Gasteiger partial charge on any atom is -0.373 e. The molecule has 1 aromatic heterocycles. The second kappa shape index (κ2) is 4.70. The van der Waals surface area contributed by atoms with Crippen LogP contribution in [0.2, 0.25) is 0 Å². The van der Waals surface area contributed by atoms with Gasteiger partial charge in [0.15, 0.2) is 0 Å². The van der Waals surface area contributed by atoms with Gasteiger partial charge in [-0.1, -0.05) is 0 Å². The quantitative estimate of drug-likeness (QED) is 0.836. The molecule has 0 saturated carbocycles. The minimum absolute atomic E-state index is 0.00634. The Morgan fingerprint density at radius 3 is 2.63 bits per heavy atom. The van der Waals surface area contributed by atoms with E-state index in [1.807, 2.05) is 9.47 Å². The number of fused-ring (bicyclic) bond motifs is 1. The standard InChI is InChI=1S/C13H17N3O3/c14-12(17)9-7-10(13(18)15-3-1-2-4-15)16-5-6-19-8-11(9)16/h7H,1-6,8H2,(H2,14,17). The van der Waals surface area contributed by atoms with Gasteiger partial charge < -0.3 is 19.9 Å². The van der Waals surface area contributed by atoms with Crippen molar-refractivity contribution in [3.63, 3.8) is 0 Å². The minimum atomic E-state index is -0.505. The van der Waals surface area contributed by atoms with Gasteiger partial charge in [0.2, 0.25) is 0 Å². The van der Waals surface area contributed by atoms with Gasteiger partial charge in [-0.05, 0) is 18.9 Å². The molecule has 1 fully saturated rings. The number of likely N-dealkylation sites (tertiary alicyclic amines) is 1. The van der Waals surface area contributed by atoms with Crippen molar-refractivity contribution in [2.45, 2.75) is 26.0 Å². The topological polar surface area (TPSA) is 77.6 Å². The Balaban J connectivity index is 2.00. The van der Waals surface area contributed by atoms with Crippen LogP contribution < -0.4 is 5.73 Å². The predicted molar refractivity (Wildman–Crippen MR) is 67.7 cm³/mol. The van der Waals surface area contributed by atoms with Crippen molar-refractivity contribution in [1.82, 2.24) is 9.47 Å². The molecule has 6 nitrogen and oxygen atoms in total. The first kappa shape index (κ1) is 12.2. The molecule has 3 rings (SSSR count). The van der Waals surface area contributed by atoms with E-state index in [4.69, 9.17) is 10.5 Å². The molecule has 0 radical (unpaired) electrons. The highest BCUT2D eigenvalue weighted by atomic mass is 16.5. The van der Waals surface area contributed by atoms with Gasteiger partial charge in [-0.15, -0.1) is 0 Å². The van der Waals surface area contributed by atoms with E-state index in [9.17, 15) is 9.59 Å². The Morgan fingerprint density at radius 2 is 1.95 bits per heavy atom. The van der Waals surface area contributed by atoms with Crippen molar-refractivity contribution in [1.29, 1.82) is 0 Å². The van der Waals surface area contributed by atoms with Gasteiger partial charge >= 0.3 is 0 Å². The Labute approximate surface area is 111 Å². The zero-order valence-electron chi connectivity index (χ0n) is 10.7. The lowest BCUT2D eigenvalue weighted by molar-refractivity contribution is 0.0717. The van der Waals surface area contributed by atoms with E-state index in [1.54, 1.807) is 6.07 Å². The number of carbonyl (C=O) groups excluding carboxylic acids is 2. The number of hydrogen-bond acceptors (Lipinski definition) is 3. The first-order valence-electron chi connectivity index (χ1n) is 6.57. The van der Waals surface area contributed by atoms with E-state index in [0.717, 1.165) is 31.6 Å². The summed E-state index contributed by atoms with van der Waals surface area (Å²) in [5.74, 6) is -0.511. The van der Waals surface area contributed by atoms with Crippen LogP contribution in [-0.2, 0) is 17.9 Å². The van der Waals surface area contributed by atoms with Gasteiger partial charge in [-0.3, -0.25) is 9.59 Å². The van der Waals surface area contributed by atoms with Crippen LogP contribution in [0.5, 0.6) is 0 Å². The van der Waals surface area contributed by atoms with Crippen LogP contribution in [0.3, 0.4) is 0 Å². The van der Waals surface area contributed by atoms with Gasteiger partial charge in [-0.25, -0.2) is 0 Å². The molecule has 0 aliphatic carbocycles. The zero-order chi connectivity index (χ0) is 13.4. The summed E-state index contributed by atoms with van der Waals surface area (Å²) in [6, 6.07) is 1.62. The van der Waals surface area contributed by atoms with Crippen LogP contribution in [0.4, 0.5) is 0 Å². The first-order valence-corrected chi connectivity index (χ1v) is 6.57. The highest BCUT2D eigenvalue weighted by molar-refractivity contribution is 6.00. The largest absolute Gasteiger partial charge is 0.373 e. The third-order valence-corrected chi connectivity index (χ3v) is 3.78. The van der Waals surface area contributed by atoms with Crippen molar-refractivity contribution in [3.05, 3.63) is 23.0 Å². The normalized spacial score (nSPS) is 18.4. The molecule has 3 heterocycles. The lowest BCUT2D eigenvalue weighted by Gasteiger charge is -2.21. The number of nitrogens with two attached hydrogens (primary N) is 1. The van der Waals surface area contributed by atoms with Crippen LogP contribution in [-0.4, -0.2) is 41.0 Å². The molecule has 0 spiro atoms. The summed E-state index contributed by atoms with van der Waals surface area (Å²) in [6.07, 6.45) is 2.09. The van der Waals surface area contributed by atoms with E-state index in [2.05, 4.69) is 0 Å². The third-order valence-electron chi connectivity index (χ3n) is 3.78. The maximum Gasteiger partial charge on any atom is 0.270 e. The molecule has 0 atom stereocenters. The van der Waals surface area contributed by atoms with Gasteiger partial charge in [0.1, 0.15) is 5.69 Å². The van der Waals surface area contributed by atoms with Crippen molar-refractivity contribution in [3.8, 4) is 0 Å². The van der Waals surface area contributed by atoms with Crippen LogP contribution >= 0.6 is 0 Å². The number of rotatable bonds is 2. The lowest BCUT2D eigenvalue weighted by atomic mass is 10.2. The van der Waals surface area contributed by atoms with E-state index in [-0.39, 0.29) is 5.91 Å². The molecule has 0 aromatic carbocycles. The smallest absolute Gasteiger partial charge is 0.270 e. The summed E-state index contributed by atoms with van der Waals surface area (Å²) in [5.41, 5.74) is 7.06. The molecule has 102 valence electrons. The molecule has 1 aromatic rings. The Hall–Kier alpha value is -1.82. The van der Waals surface area contributed by atoms with Crippen molar-refractivity contribution in [2.75, 3.05) is 19.7 Å². The number of primary amides is 1. The van der Waals surface area contributed by atoms with Crippen molar-refractivity contribution in [2.24, 2.45) is 5.73 Å². The van der Waals surface area contributed by atoms with Crippen LogP contribution in [0.15, 0.2) is 6.07 Å². The monoisotopic (exact) mass is 263 g/mol. The zero-order valence-corrected chi connectivity index (χ0v) is 10.7. The van der Waals surface area contributed by atoms with Crippen LogP contribution in [0.1, 0.15) is 39.4 Å². The second-order valence-corrected chi connectivity index (χ2v) is 4.96. The molecule has 0 unspecified atom stereocenters. The summed E-state index contributed by atoms with van der Waals surface area (Å²) in [5, 5.41) is 0. The Morgan fingerprint density at radius 1 is 1.21 bits per heavy atom. The average Bonchev–Trinajstić information content (AvgIpc) is 3.05. The molecule has 19 heavy (non-hydrogen) atoms. The molecule has 2 aliphatic rings. The number of carbonyl (C=O) groups is 2.